The molecule has 1 aromatic heterocycles. The Kier molecular flexibility index (Phi) is 10.3. The number of nitrogens with one attached hydrogen (secondary N) is 2. The van der Waals surface area contributed by atoms with Gasteiger partial charge in [0.1, 0.15) is 6.61 Å². The average Bonchev–Trinajstić information content (AvgIpc) is 2.99. The molecular weight excluding hydrogens is 536 g/mol. The highest BCUT2D eigenvalue weighted by Crippen LogP contribution is 2.23. The second kappa shape index (κ2) is 14.3. The van der Waals surface area contributed by atoms with Gasteiger partial charge < -0.3 is 25.1 Å². The van der Waals surface area contributed by atoms with E-state index < -0.39 is 17.6 Å². The molecule has 1 fully saturated rings. The van der Waals surface area contributed by atoms with Gasteiger partial charge in [0.25, 0.3) is 5.91 Å². The van der Waals surface area contributed by atoms with E-state index in [2.05, 4.69) is 25.5 Å². The molecule has 0 spiro atoms. The summed E-state index contributed by atoms with van der Waals surface area (Å²) in [6.45, 7) is 6.97. The number of nitrogens with zero attached hydrogens (tertiary/aromatic N) is 4. The number of hydroxylamine groups is 2. The number of piperidine rings is 1. The van der Waals surface area contributed by atoms with Crippen LogP contribution in [0.15, 0.2) is 73.1 Å². The predicted molar refractivity (Wildman–Crippen MR) is 159 cm³/mol. The largest absolute Gasteiger partial charge is 0.444 e. The highest BCUT2D eigenvalue weighted by Gasteiger charge is 2.32. The first-order chi connectivity index (χ1) is 20.2. The molecule has 0 aliphatic carbocycles. The number of aromatic nitrogens is 2. The average molecular weight is 575 g/mol. The lowest BCUT2D eigenvalue weighted by Crippen LogP contribution is -2.47. The van der Waals surface area contributed by atoms with Crippen LogP contribution >= 0.6 is 0 Å². The van der Waals surface area contributed by atoms with Crippen molar-refractivity contribution < 1.29 is 24.0 Å². The fourth-order valence-corrected chi connectivity index (χ4v) is 4.44. The summed E-state index contributed by atoms with van der Waals surface area (Å²) in [7, 11) is 0. The fraction of sp³-hybridized carbons (Fsp3) is 0.387. The molecule has 1 aliphatic rings. The first-order valence-corrected chi connectivity index (χ1v) is 14.1. The van der Waals surface area contributed by atoms with Crippen molar-refractivity contribution in [3.63, 3.8) is 0 Å². The first-order valence-electron chi connectivity index (χ1n) is 14.1. The molecule has 2 amide bonds. The monoisotopic (exact) mass is 574 g/mol. The molecule has 0 radical (unpaired) electrons. The third-order valence-electron chi connectivity index (χ3n) is 6.66. The van der Waals surface area contributed by atoms with Gasteiger partial charge >= 0.3 is 12.1 Å². The normalized spacial score (nSPS) is 13.6. The van der Waals surface area contributed by atoms with Crippen LogP contribution in [-0.2, 0) is 21.0 Å². The van der Waals surface area contributed by atoms with Gasteiger partial charge in [0.05, 0.1) is 12.0 Å². The van der Waals surface area contributed by atoms with E-state index in [1.54, 1.807) is 45.3 Å². The molecule has 2 heterocycles. The Balaban J connectivity index is 1.22. The van der Waals surface area contributed by atoms with Gasteiger partial charge in [-0.2, -0.15) is 0 Å². The Labute approximate surface area is 246 Å². The maximum atomic E-state index is 12.8. The van der Waals surface area contributed by atoms with Crippen LogP contribution < -0.4 is 15.5 Å². The van der Waals surface area contributed by atoms with Gasteiger partial charge in [-0.05, 0) is 63.4 Å². The summed E-state index contributed by atoms with van der Waals surface area (Å²) < 4.78 is 5.34. The molecule has 0 saturated carbocycles. The lowest BCUT2D eigenvalue weighted by molar-refractivity contribution is -0.200. The number of carbonyl (C=O) groups excluding carboxylic acids is 3. The van der Waals surface area contributed by atoms with E-state index in [0.717, 1.165) is 42.2 Å². The minimum atomic E-state index is -0.826. The molecule has 1 saturated heterocycles. The molecule has 42 heavy (non-hydrogen) atoms. The number of benzene rings is 2. The van der Waals surface area contributed by atoms with E-state index in [0.29, 0.717) is 11.5 Å². The standard InChI is InChI=1S/C31H38N6O5/c1-31(2,3)37(30(40)41-22-23-9-5-4-6-10-23)42-27(38)13-18-32-28(39)24-11-7-12-26(21-24)36-19-14-25(15-20-36)35-29-33-16-8-17-34-29/h4-12,16-17,21,25H,13-15,18-20,22H2,1-3H3,(H,32,39)(H,33,34,35). The van der Waals surface area contributed by atoms with Crippen molar-refractivity contribution in [2.45, 2.75) is 58.2 Å². The van der Waals surface area contributed by atoms with E-state index in [1.807, 2.05) is 48.5 Å². The van der Waals surface area contributed by atoms with E-state index in [9.17, 15) is 14.4 Å². The van der Waals surface area contributed by atoms with Crippen LogP contribution in [0.3, 0.4) is 0 Å². The smallest absolute Gasteiger partial charge is 0.442 e. The lowest BCUT2D eigenvalue weighted by atomic mass is 10.0. The van der Waals surface area contributed by atoms with E-state index >= 15 is 0 Å². The summed E-state index contributed by atoms with van der Waals surface area (Å²) in [5.41, 5.74) is 1.45. The number of amides is 2. The number of ether oxygens (including phenoxy) is 1. The van der Waals surface area contributed by atoms with Crippen LogP contribution in [0.4, 0.5) is 16.4 Å². The summed E-state index contributed by atoms with van der Waals surface area (Å²) in [6, 6.07) is 18.7. The maximum absolute atomic E-state index is 12.8. The Morgan fingerprint density at radius 1 is 0.976 bits per heavy atom. The number of anilines is 2. The quantitative estimate of drug-likeness (QED) is 0.353. The van der Waals surface area contributed by atoms with E-state index in [-0.39, 0.29) is 31.5 Å². The second-order valence-electron chi connectivity index (χ2n) is 11.0. The van der Waals surface area contributed by atoms with Crippen molar-refractivity contribution in [2.24, 2.45) is 0 Å². The summed E-state index contributed by atoms with van der Waals surface area (Å²) in [5.74, 6) is -0.321. The Bertz CT molecular complexity index is 1320. The Morgan fingerprint density at radius 2 is 1.69 bits per heavy atom. The fourth-order valence-electron chi connectivity index (χ4n) is 4.44. The van der Waals surface area contributed by atoms with Gasteiger partial charge in [-0.3, -0.25) is 4.79 Å². The van der Waals surface area contributed by atoms with Crippen molar-refractivity contribution in [1.82, 2.24) is 20.3 Å². The first kappa shape index (κ1) is 30.3. The maximum Gasteiger partial charge on any atom is 0.444 e. The number of rotatable bonds is 9. The van der Waals surface area contributed by atoms with Crippen LogP contribution in [0.1, 0.15) is 56.0 Å². The molecule has 11 nitrogen and oxygen atoms in total. The van der Waals surface area contributed by atoms with Crippen molar-refractivity contribution in [1.29, 1.82) is 0 Å². The van der Waals surface area contributed by atoms with Crippen LogP contribution in [-0.4, -0.2) is 64.2 Å². The van der Waals surface area contributed by atoms with Crippen LogP contribution in [0.25, 0.3) is 0 Å². The highest BCUT2D eigenvalue weighted by molar-refractivity contribution is 5.95. The molecule has 4 rings (SSSR count). The minimum Gasteiger partial charge on any atom is -0.442 e. The summed E-state index contributed by atoms with van der Waals surface area (Å²) >= 11 is 0. The van der Waals surface area contributed by atoms with Crippen molar-refractivity contribution in [3.05, 3.63) is 84.2 Å². The third-order valence-corrected chi connectivity index (χ3v) is 6.66. The minimum absolute atomic E-state index is 0.0521. The predicted octanol–water partition coefficient (Wildman–Crippen LogP) is 4.57. The van der Waals surface area contributed by atoms with Crippen LogP contribution in [0, 0.1) is 0 Å². The van der Waals surface area contributed by atoms with E-state index in [1.165, 1.54) is 0 Å². The number of hydrogen-bond donors (Lipinski definition) is 2. The van der Waals surface area contributed by atoms with Crippen LogP contribution in [0.5, 0.6) is 0 Å². The zero-order valence-electron chi connectivity index (χ0n) is 24.3. The zero-order chi connectivity index (χ0) is 30.0. The molecule has 0 unspecified atom stereocenters. The topological polar surface area (TPSA) is 126 Å². The van der Waals surface area contributed by atoms with Gasteiger partial charge in [-0.15, -0.1) is 5.06 Å². The second-order valence-corrected chi connectivity index (χ2v) is 11.0. The lowest BCUT2D eigenvalue weighted by Gasteiger charge is -2.34. The number of hydrogen-bond acceptors (Lipinski definition) is 9. The highest BCUT2D eigenvalue weighted by atomic mass is 16.8. The molecular formula is C31H38N6O5. The Morgan fingerprint density at radius 3 is 2.38 bits per heavy atom. The summed E-state index contributed by atoms with van der Waals surface area (Å²) in [4.78, 5) is 54.1. The van der Waals surface area contributed by atoms with Gasteiger partial charge in [0, 0.05) is 49.3 Å². The molecule has 0 atom stereocenters. The molecule has 0 bridgehead atoms. The molecule has 11 heteroatoms. The van der Waals surface area contributed by atoms with Crippen LogP contribution in [0.2, 0.25) is 0 Å². The van der Waals surface area contributed by atoms with Gasteiger partial charge in [0.2, 0.25) is 5.95 Å². The third kappa shape index (κ3) is 8.92. The molecule has 2 N–H and O–H groups in total. The van der Waals surface area contributed by atoms with Crippen molar-refractivity contribution in [2.75, 3.05) is 29.9 Å². The molecule has 3 aromatic rings. The number of carbonyl (C=O) groups is 3. The van der Waals surface area contributed by atoms with Crippen molar-refractivity contribution in [3.8, 4) is 0 Å². The van der Waals surface area contributed by atoms with Crippen molar-refractivity contribution >= 4 is 29.6 Å². The Hall–Kier alpha value is -4.67. The summed E-state index contributed by atoms with van der Waals surface area (Å²) in [6.07, 6.45) is 4.39. The molecule has 1 aliphatic heterocycles. The zero-order valence-corrected chi connectivity index (χ0v) is 24.3. The molecule has 2 aromatic carbocycles. The van der Waals surface area contributed by atoms with Gasteiger partial charge in [-0.1, -0.05) is 36.4 Å². The van der Waals surface area contributed by atoms with Gasteiger partial charge in [-0.25, -0.2) is 19.6 Å². The molecule has 222 valence electrons. The van der Waals surface area contributed by atoms with Gasteiger partial charge in [0.15, 0.2) is 0 Å². The summed E-state index contributed by atoms with van der Waals surface area (Å²) in [5, 5.41) is 7.07. The SMILES string of the molecule is CC(C)(C)N(OC(=O)CCNC(=O)c1cccc(N2CCC(Nc3ncccn3)CC2)c1)C(=O)OCc1ccccc1. The van der Waals surface area contributed by atoms with E-state index in [4.69, 9.17) is 9.57 Å².